The molecule has 1 fully saturated rings. The van der Waals surface area contributed by atoms with Crippen molar-refractivity contribution in [3.05, 3.63) is 64.7 Å². The lowest BCUT2D eigenvalue weighted by Crippen LogP contribution is -2.49. The second-order valence-corrected chi connectivity index (χ2v) is 10.9. The average Bonchev–Trinajstić information content (AvgIpc) is 2.88. The van der Waals surface area contributed by atoms with Crippen molar-refractivity contribution in [3.63, 3.8) is 0 Å². The minimum atomic E-state index is -0.496. The van der Waals surface area contributed by atoms with E-state index in [4.69, 9.17) is 4.74 Å². The Labute approximate surface area is 221 Å². The highest BCUT2D eigenvalue weighted by Crippen LogP contribution is 2.25. The molecule has 7 heteroatoms. The van der Waals surface area contributed by atoms with Crippen molar-refractivity contribution in [2.45, 2.75) is 59.4 Å². The molecule has 1 N–H and O–H groups in total. The quantitative estimate of drug-likeness (QED) is 0.503. The zero-order valence-corrected chi connectivity index (χ0v) is 23.1. The minimum Gasteiger partial charge on any atom is -0.493 e. The molecule has 0 bridgehead atoms. The molecule has 2 aromatic rings. The lowest BCUT2D eigenvalue weighted by atomic mass is 9.86. The predicted octanol–water partition coefficient (Wildman–Crippen LogP) is 4.61. The molecular formula is C30H41N3O4. The lowest BCUT2D eigenvalue weighted by molar-refractivity contribution is -0.130. The molecule has 1 aliphatic heterocycles. The van der Waals surface area contributed by atoms with Crippen LogP contribution in [0.4, 0.5) is 0 Å². The topological polar surface area (TPSA) is 79.0 Å². The van der Waals surface area contributed by atoms with E-state index in [9.17, 15) is 14.4 Å². The van der Waals surface area contributed by atoms with Crippen LogP contribution in [0.1, 0.15) is 71.4 Å². The molecule has 0 unspecified atom stereocenters. The van der Waals surface area contributed by atoms with Crippen LogP contribution in [0.2, 0.25) is 0 Å². The van der Waals surface area contributed by atoms with Crippen molar-refractivity contribution in [2.24, 2.45) is 5.41 Å². The van der Waals surface area contributed by atoms with Crippen LogP contribution in [0, 0.1) is 19.3 Å². The highest BCUT2D eigenvalue weighted by molar-refractivity contribution is 5.97. The smallest absolute Gasteiger partial charge is 0.253 e. The Morgan fingerprint density at radius 2 is 1.62 bits per heavy atom. The van der Waals surface area contributed by atoms with Gasteiger partial charge < -0.3 is 19.9 Å². The fourth-order valence-electron chi connectivity index (χ4n) is 4.48. The normalized spacial score (nSPS) is 14.3. The molecule has 7 nitrogen and oxygen atoms in total. The summed E-state index contributed by atoms with van der Waals surface area (Å²) in [5.74, 6) is 0.817. The Morgan fingerprint density at radius 3 is 2.24 bits per heavy atom. The maximum Gasteiger partial charge on any atom is 0.253 e. The number of carbonyl (C=O) groups is 3. The molecule has 37 heavy (non-hydrogen) atoms. The number of hydrogen-bond donors (Lipinski definition) is 1. The number of nitrogens with one attached hydrogen (secondary N) is 1. The van der Waals surface area contributed by atoms with Crippen LogP contribution < -0.4 is 10.1 Å². The SMILES string of the molecule is Cc1ccc(C)c(OCCCC(C)(C)C(=O)NC2CCN(C(=O)c3ccc(C(=O)N(C)C)cc3)CC2)c1. The van der Waals surface area contributed by atoms with Crippen molar-refractivity contribution in [1.82, 2.24) is 15.1 Å². The number of piperidine rings is 1. The summed E-state index contributed by atoms with van der Waals surface area (Å²) in [5, 5.41) is 3.20. The Kier molecular flexibility index (Phi) is 9.35. The minimum absolute atomic E-state index is 0.0437. The molecule has 0 aliphatic carbocycles. The fourth-order valence-corrected chi connectivity index (χ4v) is 4.48. The van der Waals surface area contributed by atoms with Crippen LogP contribution in [-0.2, 0) is 4.79 Å². The molecule has 0 atom stereocenters. The summed E-state index contributed by atoms with van der Waals surface area (Å²) >= 11 is 0. The van der Waals surface area contributed by atoms with Gasteiger partial charge in [-0.2, -0.15) is 0 Å². The van der Waals surface area contributed by atoms with Crippen LogP contribution in [-0.4, -0.2) is 67.4 Å². The van der Waals surface area contributed by atoms with Gasteiger partial charge in [0.25, 0.3) is 11.8 Å². The number of likely N-dealkylation sites (tertiary alicyclic amines) is 1. The van der Waals surface area contributed by atoms with E-state index < -0.39 is 5.41 Å². The molecule has 0 spiro atoms. The number of amides is 3. The Morgan fingerprint density at radius 1 is 1.00 bits per heavy atom. The van der Waals surface area contributed by atoms with E-state index in [1.807, 2.05) is 38.7 Å². The van der Waals surface area contributed by atoms with Gasteiger partial charge in [0.2, 0.25) is 5.91 Å². The van der Waals surface area contributed by atoms with Crippen molar-refractivity contribution >= 4 is 17.7 Å². The summed E-state index contributed by atoms with van der Waals surface area (Å²) in [6, 6.07) is 13.0. The van der Waals surface area contributed by atoms with Gasteiger partial charge >= 0.3 is 0 Å². The second kappa shape index (κ2) is 12.3. The first-order chi connectivity index (χ1) is 17.5. The largest absolute Gasteiger partial charge is 0.493 e. The van der Waals surface area contributed by atoms with Crippen LogP contribution in [0.3, 0.4) is 0 Å². The van der Waals surface area contributed by atoms with Gasteiger partial charge in [0, 0.05) is 49.8 Å². The van der Waals surface area contributed by atoms with E-state index in [0.717, 1.165) is 37.0 Å². The third-order valence-electron chi connectivity index (χ3n) is 7.06. The highest BCUT2D eigenvalue weighted by atomic mass is 16.5. The monoisotopic (exact) mass is 507 g/mol. The maximum absolute atomic E-state index is 13.0. The number of aryl methyl sites for hydroxylation is 2. The number of ether oxygens (including phenoxy) is 1. The van der Waals surface area contributed by atoms with E-state index in [1.165, 1.54) is 10.5 Å². The summed E-state index contributed by atoms with van der Waals surface area (Å²) in [4.78, 5) is 41.3. The van der Waals surface area contributed by atoms with E-state index in [-0.39, 0.29) is 23.8 Å². The molecule has 3 amide bonds. The molecule has 2 aromatic carbocycles. The Balaban J connectivity index is 1.43. The molecule has 0 aromatic heterocycles. The number of benzene rings is 2. The second-order valence-electron chi connectivity index (χ2n) is 10.9. The van der Waals surface area contributed by atoms with Gasteiger partial charge in [-0.1, -0.05) is 26.0 Å². The number of hydrogen-bond acceptors (Lipinski definition) is 4. The first-order valence-electron chi connectivity index (χ1n) is 13.1. The third kappa shape index (κ3) is 7.57. The average molecular weight is 508 g/mol. The van der Waals surface area contributed by atoms with E-state index >= 15 is 0 Å². The lowest BCUT2D eigenvalue weighted by Gasteiger charge is -2.34. The Bertz CT molecular complexity index is 1100. The number of nitrogens with zero attached hydrogens (tertiary/aromatic N) is 2. The van der Waals surface area contributed by atoms with Crippen LogP contribution >= 0.6 is 0 Å². The molecule has 0 saturated carbocycles. The molecule has 200 valence electrons. The van der Waals surface area contributed by atoms with Gasteiger partial charge in [-0.05, 0) is 81.0 Å². The zero-order chi connectivity index (χ0) is 27.2. The van der Waals surface area contributed by atoms with Crippen LogP contribution in [0.15, 0.2) is 42.5 Å². The standard InChI is InChI=1S/C30H41N3O4/c1-21-8-9-22(2)26(20-21)37-19-7-16-30(3,4)29(36)31-25-14-17-33(18-15-25)28(35)24-12-10-23(11-13-24)27(34)32(5)6/h8-13,20,25H,7,14-19H2,1-6H3,(H,31,36). The molecule has 1 aliphatic rings. The zero-order valence-electron chi connectivity index (χ0n) is 23.1. The molecule has 3 rings (SSSR count). The highest BCUT2D eigenvalue weighted by Gasteiger charge is 2.31. The number of carbonyl (C=O) groups excluding carboxylic acids is 3. The third-order valence-corrected chi connectivity index (χ3v) is 7.06. The maximum atomic E-state index is 13.0. The van der Waals surface area contributed by atoms with Gasteiger partial charge in [0.15, 0.2) is 0 Å². The van der Waals surface area contributed by atoms with Crippen molar-refractivity contribution < 1.29 is 19.1 Å². The van der Waals surface area contributed by atoms with E-state index in [1.54, 1.807) is 38.4 Å². The Hall–Kier alpha value is -3.35. The summed E-state index contributed by atoms with van der Waals surface area (Å²) in [6.07, 6.45) is 2.97. The predicted molar refractivity (Wildman–Crippen MR) is 146 cm³/mol. The summed E-state index contributed by atoms with van der Waals surface area (Å²) < 4.78 is 5.95. The summed E-state index contributed by atoms with van der Waals surface area (Å²) in [7, 11) is 3.40. The van der Waals surface area contributed by atoms with Crippen molar-refractivity contribution in [3.8, 4) is 5.75 Å². The fraction of sp³-hybridized carbons (Fsp3) is 0.500. The van der Waals surface area contributed by atoms with Crippen molar-refractivity contribution in [2.75, 3.05) is 33.8 Å². The first kappa shape index (κ1) is 28.2. The van der Waals surface area contributed by atoms with Gasteiger partial charge in [0.1, 0.15) is 5.75 Å². The molecule has 1 saturated heterocycles. The summed E-state index contributed by atoms with van der Waals surface area (Å²) in [6.45, 7) is 9.79. The van der Waals surface area contributed by atoms with Gasteiger partial charge in [-0.25, -0.2) is 0 Å². The van der Waals surface area contributed by atoms with Gasteiger partial charge in [0.05, 0.1) is 6.61 Å². The molecule has 0 radical (unpaired) electrons. The van der Waals surface area contributed by atoms with Crippen LogP contribution in [0.25, 0.3) is 0 Å². The molecular weight excluding hydrogens is 466 g/mol. The van der Waals surface area contributed by atoms with E-state index in [0.29, 0.717) is 30.8 Å². The first-order valence-corrected chi connectivity index (χ1v) is 13.1. The van der Waals surface area contributed by atoms with Gasteiger partial charge in [-0.3, -0.25) is 14.4 Å². The molecule has 1 heterocycles. The van der Waals surface area contributed by atoms with Gasteiger partial charge in [-0.15, -0.1) is 0 Å². The van der Waals surface area contributed by atoms with Crippen molar-refractivity contribution in [1.29, 1.82) is 0 Å². The summed E-state index contributed by atoms with van der Waals surface area (Å²) in [5.41, 5.74) is 2.92. The van der Waals surface area contributed by atoms with E-state index in [2.05, 4.69) is 17.4 Å². The number of rotatable bonds is 9. The van der Waals surface area contributed by atoms with Crippen LogP contribution in [0.5, 0.6) is 5.75 Å².